The van der Waals surface area contributed by atoms with Gasteiger partial charge in [-0.05, 0) is 30.3 Å². The van der Waals surface area contributed by atoms with Crippen LogP contribution in [0.4, 0.5) is 0 Å². The van der Waals surface area contributed by atoms with Crippen LogP contribution in [0.25, 0.3) is 16.8 Å². The second kappa shape index (κ2) is 4.00. The van der Waals surface area contributed by atoms with Crippen LogP contribution >= 0.6 is 0 Å². The molecule has 3 heterocycles. The van der Waals surface area contributed by atoms with E-state index in [1.165, 1.54) is 0 Å². The summed E-state index contributed by atoms with van der Waals surface area (Å²) in [7, 11) is 0. The van der Waals surface area contributed by atoms with E-state index < -0.39 is 5.97 Å². The molecule has 4 heteroatoms. The third-order valence-electron chi connectivity index (χ3n) is 2.85. The summed E-state index contributed by atoms with van der Waals surface area (Å²) in [6.45, 7) is 0. The Bertz CT molecular complexity index is 717. The van der Waals surface area contributed by atoms with E-state index in [4.69, 9.17) is 0 Å². The highest BCUT2D eigenvalue weighted by atomic mass is 16.4. The van der Waals surface area contributed by atoms with E-state index >= 15 is 0 Å². The Morgan fingerprint density at radius 1 is 1.22 bits per heavy atom. The minimum Gasteiger partial charge on any atom is -0.478 e. The van der Waals surface area contributed by atoms with Crippen LogP contribution in [0.1, 0.15) is 10.4 Å². The predicted octanol–water partition coefficient (Wildman–Crippen LogP) is 2.70. The summed E-state index contributed by atoms with van der Waals surface area (Å²) in [6.07, 6.45) is 5.19. The Balaban J connectivity index is 2.38. The van der Waals surface area contributed by atoms with Gasteiger partial charge in [-0.2, -0.15) is 0 Å². The number of nitrogens with zero attached hydrogens (tertiary/aromatic N) is 2. The molecule has 4 nitrogen and oxygen atoms in total. The van der Waals surface area contributed by atoms with Gasteiger partial charge >= 0.3 is 5.97 Å². The van der Waals surface area contributed by atoms with Gasteiger partial charge in [-0.25, -0.2) is 4.79 Å². The number of rotatable bonds is 2. The van der Waals surface area contributed by atoms with Crippen LogP contribution in [0.2, 0.25) is 0 Å². The van der Waals surface area contributed by atoms with Gasteiger partial charge in [0.15, 0.2) is 0 Å². The SMILES string of the molecule is O=C(O)c1cc2ccccn2c1-c1cccnc1. The Morgan fingerprint density at radius 3 is 2.83 bits per heavy atom. The molecule has 88 valence electrons. The average Bonchev–Trinajstić information content (AvgIpc) is 2.79. The summed E-state index contributed by atoms with van der Waals surface area (Å²) < 4.78 is 1.86. The van der Waals surface area contributed by atoms with Crippen molar-refractivity contribution in [2.75, 3.05) is 0 Å². The molecule has 0 fully saturated rings. The zero-order chi connectivity index (χ0) is 12.5. The maximum atomic E-state index is 11.3. The predicted molar refractivity (Wildman–Crippen MR) is 67.6 cm³/mol. The Morgan fingerprint density at radius 2 is 2.11 bits per heavy atom. The van der Waals surface area contributed by atoms with Gasteiger partial charge in [0.25, 0.3) is 0 Å². The monoisotopic (exact) mass is 238 g/mol. The number of aromatic nitrogens is 2. The normalized spacial score (nSPS) is 10.7. The number of carboxylic acid groups (broad SMARTS) is 1. The Labute approximate surface area is 103 Å². The van der Waals surface area contributed by atoms with Crippen LogP contribution in [0.5, 0.6) is 0 Å². The van der Waals surface area contributed by atoms with Gasteiger partial charge < -0.3 is 9.51 Å². The fourth-order valence-electron chi connectivity index (χ4n) is 2.08. The standard InChI is InChI=1S/C14H10N2O2/c17-14(18)12-8-11-5-1-2-7-16(11)13(12)10-4-3-6-15-9-10/h1-9H,(H,17,18). The molecule has 0 aliphatic carbocycles. The van der Waals surface area contributed by atoms with Crippen molar-refractivity contribution in [2.45, 2.75) is 0 Å². The smallest absolute Gasteiger partial charge is 0.337 e. The number of carbonyl (C=O) groups is 1. The highest BCUT2D eigenvalue weighted by Gasteiger charge is 2.17. The number of aromatic carboxylic acids is 1. The van der Waals surface area contributed by atoms with E-state index in [1.54, 1.807) is 24.5 Å². The first kappa shape index (κ1) is 10.5. The first-order valence-electron chi connectivity index (χ1n) is 5.51. The summed E-state index contributed by atoms with van der Waals surface area (Å²) in [6, 6.07) is 11.0. The molecule has 0 unspecified atom stereocenters. The molecular formula is C14H10N2O2. The highest BCUT2D eigenvalue weighted by Crippen LogP contribution is 2.26. The first-order chi connectivity index (χ1) is 8.77. The van der Waals surface area contributed by atoms with E-state index in [1.807, 2.05) is 34.9 Å². The minimum absolute atomic E-state index is 0.286. The Hall–Kier alpha value is -2.62. The van der Waals surface area contributed by atoms with E-state index in [0.717, 1.165) is 11.1 Å². The average molecular weight is 238 g/mol. The lowest BCUT2D eigenvalue weighted by atomic mass is 10.1. The van der Waals surface area contributed by atoms with Crippen molar-refractivity contribution < 1.29 is 9.90 Å². The van der Waals surface area contributed by atoms with Gasteiger partial charge in [-0.3, -0.25) is 4.98 Å². The molecule has 0 aromatic carbocycles. The van der Waals surface area contributed by atoms with Gasteiger partial charge in [-0.1, -0.05) is 6.07 Å². The number of hydrogen-bond acceptors (Lipinski definition) is 2. The molecule has 3 aromatic rings. The number of carboxylic acids is 1. The topological polar surface area (TPSA) is 54.6 Å². The van der Waals surface area contributed by atoms with Crippen LogP contribution in [0, 0.1) is 0 Å². The van der Waals surface area contributed by atoms with Gasteiger partial charge in [0, 0.05) is 29.7 Å². The zero-order valence-corrected chi connectivity index (χ0v) is 9.45. The van der Waals surface area contributed by atoms with Crippen molar-refractivity contribution in [1.29, 1.82) is 0 Å². The van der Waals surface area contributed by atoms with Gasteiger partial charge in [0.1, 0.15) is 0 Å². The molecule has 0 amide bonds. The third-order valence-corrected chi connectivity index (χ3v) is 2.85. The molecule has 0 saturated carbocycles. The van der Waals surface area contributed by atoms with Gasteiger partial charge in [-0.15, -0.1) is 0 Å². The highest BCUT2D eigenvalue weighted by molar-refractivity contribution is 5.97. The number of pyridine rings is 2. The summed E-state index contributed by atoms with van der Waals surface area (Å²) in [5, 5.41) is 9.29. The lowest BCUT2D eigenvalue weighted by Gasteiger charge is -2.03. The Kier molecular flexibility index (Phi) is 2.34. The fourth-order valence-corrected chi connectivity index (χ4v) is 2.08. The maximum Gasteiger partial charge on any atom is 0.337 e. The van der Waals surface area contributed by atoms with Crippen molar-refractivity contribution >= 4 is 11.5 Å². The van der Waals surface area contributed by atoms with Crippen molar-refractivity contribution in [1.82, 2.24) is 9.38 Å². The molecule has 0 atom stereocenters. The van der Waals surface area contributed by atoms with E-state index in [9.17, 15) is 9.90 Å². The molecule has 3 aromatic heterocycles. The van der Waals surface area contributed by atoms with Crippen LogP contribution in [-0.4, -0.2) is 20.5 Å². The number of fused-ring (bicyclic) bond motifs is 1. The number of hydrogen-bond donors (Lipinski definition) is 1. The minimum atomic E-state index is -0.933. The van der Waals surface area contributed by atoms with E-state index in [-0.39, 0.29) is 5.56 Å². The summed E-state index contributed by atoms with van der Waals surface area (Å²) in [5.41, 5.74) is 2.59. The summed E-state index contributed by atoms with van der Waals surface area (Å²) in [4.78, 5) is 15.4. The third kappa shape index (κ3) is 1.55. The largest absolute Gasteiger partial charge is 0.478 e. The summed E-state index contributed by atoms with van der Waals surface area (Å²) in [5.74, 6) is -0.933. The molecule has 0 aliphatic rings. The van der Waals surface area contributed by atoms with E-state index in [2.05, 4.69) is 4.98 Å². The zero-order valence-electron chi connectivity index (χ0n) is 9.45. The van der Waals surface area contributed by atoms with Gasteiger partial charge in [0.2, 0.25) is 0 Å². The molecule has 0 saturated heterocycles. The molecular weight excluding hydrogens is 228 g/mol. The van der Waals surface area contributed by atoms with Crippen LogP contribution < -0.4 is 0 Å². The van der Waals surface area contributed by atoms with Gasteiger partial charge in [0.05, 0.1) is 11.3 Å². The lowest BCUT2D eigenvalue weighted by molar-refractivity contribution is 0.0698. The van der Waals surface area contributed by atoms with Crippen molar-refractivity contribution in [3.05, 3.63) is 60.6 Å². The van der Waals surface area contributed by atoms with Crippen molar-refractivity contribution in [2.24, 2.45) is 0 Å². The second-order valence-electron chi connectivity index (χ2n) is 3.95. The fraction of sp³-hybridized carbons (Fsp3) is 0. The van der Waals surface area contributed by atoms with Crippen molar-refractivity contribution in [3.8, 4) is 11.3 Å². The van der Waals surface area contributed by atoms with Crippen LogP contribution in [0.15, 0.2) is 55.0 Å². The molecule has 1 N–H and O–H groups in total. The first-order valence-corrected chi connectivity index (χ1v) is 5.51. The lowest BCUT2D eigenvalue weighted by Crippen LogP contribution is -1.98. The second-order valence-corrected chi connectivity index (χ2v) is 3.95. The molecule has 0 bridgehead atoms. The van der Waals surface area contributed by atoms with E-state index in [0.29, 0.717) is 5.69 Å². The molecule has 0 radical (unpaired) electrons. The van der Waals surface area contributed by atoms with Crippen molar-refractivity contribution in [3.63, 3.8) is 0 Å². The quantitative estimate of drug-likeness (QED) is 0.746. The summed E-state index contributed by atoms with van der Waals surface area (Å²) >= 11 is 0. The van der Waals surface area contributed by atoms with Crippen LogP contribution in [0.3, 0.4) is 0 Å². The molecule has 0 aliphatic heterocycles. The van der Waals surface area contributed by atoms with Crippen LogP contribution in [-0.2, 0) is 0 Å². The molecule has 3 rings (SSSR count). The molecule has 0 spiro atoms. The molecule has 18 heavy (non-hydrogen) atoms. The maximum absolute atomic E-state index is 11.3.